The van der Waals surface area contributed by atoms with Gasteiger partial charge in [-0.2, -0.15) is 0 Å². The Morgan fingerprint density at radius 3 is 2.52 bits per heavy atom. The van der Waals surface area contributed by atoms with Crippen molar-refractivity contribution in [3.8, 4) is 0 Å². The molecule has 1 heterocycles. The van der Waals surface area contributed by atoms with Crippen molar-refractivity contribution in [2.45, 2.75) is 17.9 Å². The van der Waals surface area contributed by atoms with Gasteiger partial charge in [-0.05, 0) is 18.6 Å². The van der Waals surface area contributed by atoms with Crippen molar-refractivity contribution < 1.29 is 8.42 Å². The van der Waals surface area contributed by atoms with Crippen LogP contribution >= 0.6 is 39.1 Å². The van der Waals surface area contributed by atoms with Crippen LogP contribution in [0, 0.1) is 0 Å². The lowest BCUT2D eigenvalue weighted by molar-refractivity contribution is 0.570. The van der Waals surface area contributed by atoms with E-state index in [1.807, 2.05) is 10.8 Å². The monoisotopic (exact) mass is 411 g/mol. The van der Waals surface area contributed by atoms with E-state index in [9.17, 15) is 8.42 Å². The number of rotatable bonds is 6. The molecule has 0 unspecified atom stereocenters. The smallest absolute Gasteiger partial charge is 0.243 e. The molecular weight excluding hydrogens is 401 g/mol. The van der Waals surface area contributed by atoms with Crippen LogP contribution < -0.4 is 4.72 Å². The van der Waals surface area contributed by atoms with Crippen LogP contribution in [0.15, 0.2) is 40.2 Å². The van der Waals surface area contributed by atoms with Crippen LogP contribution in [0.1, 0.15) is 6.42 Å². The van der Waals surface area contributed by atoms with Gasteiger partial charge in [0.15, 0.2) is 0 Å². The average molecular weight is 413 g/mol. The van der Waals surface area contributed by atoms with E-state index in [0.717, 1.165) is 0 Å². The van der Waals surface area contributed by atoms with Crippen LogP contribution in [0.2, 0.25) is 10.0 Å². The number of aryl methyl sites for hydroxylation is 1. The molecule has 1 aromatic carbocycles. The standard InChI is InChI=1S/C12H12BrCl2N3O2S/c13-9-6-10(14)12(11(15)7-9)21(19,20)17-2-1-4-18-5-3-16-8-18/h3,5-8,17H,1-2,4H2. The van der Waals surface area contributed by atoms with Gasteiger partial charge < -0.3 is 4.57 Å². The summed E-state index contributed by atoms with van der Waals surface area (Å²) in [4.78, 5) is 3.81. The normalized spacial score (nSPS) is 11.8. The van der Waals surface area contributed by atoms with Crippen LogP contribution in [-0.2, 0) is 16.6 Å². The Kier molecular flexibility index (Phi) is 5.67. The number of imidazole rings is 1. The van der Waals surface area contributed by atoms with Crippen molar-refractivity contribution in [3.63, 3.8) is 0 Å². The lowest BCUT2D eigenvalue weighted by Crippen LogP contribution is -2.26. The molecule has 0 saturated carbocycles. The first-order valence-corrected chi connectivity index (χ1v) is 9.03. The molecule has 0 aliphatic carbocycles. The summed E-state index contributed by atoms with van der Waals surface area (Å²) >= 11 is 15.1. The number of aromatic nitrogens is 2. The van der Waals surface area contributed by atoms with Gasteiger partial charge in [0.2, 0.25) is 10.0 Å². The minimum atomic E-state index is -3.74. The quantitative estimate of drug-likeness (QED) is 0.740. The molecule has 2 rings (SSSR count). The van der Waals surface area contributed by atoms with Gasteiger partial charge >= 0.3 is 0 Å². The maximum atomic E-state index is 12.2. The van der Waals surface area contributed by atoms with E-state index in [4.69, 9.17) is 23.2 Å². The number of hydrogen-bond donors (Lipinski definition) is 1. The summed E-state index contributed by atoms with van der Waals surface area (Å²) < 4.78 is 29.4. The van der Waals surface area contributed by atoms with Crippen LogP contribution in [-0.4, -0.2) is 24.5 Å². The van der Waals surface area contributed by atoms with Gasteiger partial charge in [-0.1, -0.05) is 39.1 Å². The van der Waals surface area contributed by atoms with E-state index in [1.54, 1.807) is 12.5 Å². The van der Waals surface area contributed by atoms with E-state index in [2.05, 4.69) is 25.6 Å². The molecule has 0 atom stereocenters. The Balaban J connectivity index is 2.02. The van der Waals surface area contributed by atoms with Crippen LogP contribution in [0.4, 0.5) is 0 Å². The molecule has 2 aromatic rings. The molecule has 21 heavy (non-hydrogen) atoms. The molecule has 1 aromatic heterocycles. The molecule has 0 aliphatic heterocycles. The number of nitrogens with one attached hydrogen (secondary N) is 1. The zero-order valence-electron chi connectivity index (χ0n) is 10.8. The van der Waals surface area contributed by atoms with Gasteiger partial charge in [-0.15, -0.1) is 0 Å². The maximum Gasteiger partial charge on any atom is 0.243 e. The highest BCUT2D eigenvalue weighted by Crippen LogP contribution is 2.32. The Bertz CT molecular complexity index is 697. The lowest BCUT2D eigenvalue weighted by atomic mass is 10.4. The summed E-state index contributed by atoms with van der Waals surface area (Å²) in [5.74, 6) is 0. The fourth-order valence-corrected chi connectivity index (χ4v) is 4.75. The van der Waals surface area contributed by atoms with Crippen molar-refractivity contribution in [3.05, 3.63) is 45.4 Å². The SMILES string of the molecule is O=S(=O)(NCCCn1ccnc1)c1c(Cl)cc(Br)cc1Cl. The van der Waals surface area contributed by atoms with Gasteiger partial charge in [-0.25, -0.2) is 18.1 Å². The Morgan fingerprint density at radius 1 is 1.29 bits per heavy atom. The van der Waals surface area contributed by atoms with Gasteiger partial charge in [0.1, 0.15) is 4.90 Å². The predicted octanol–water partition coefficient (Wildman–Crippen LogP) is 3.32. The van der Waals surface area contributed by atoms with E-state index in [0.29, 0.717) is 17.4 Å². The minimum Gasteiger partial charge on any atom is -0.337 e. The predicted molar refractivity (Wildman–Crippen MR) is 86.2 cm³/mol. The average Bonchev–Trinajstić information content (AvgIpc) is 2.86. The van der Waals surface area contributed by atoms with Gasteiger partial charge in [-0.3, -0.25) is 0 Å². The molecular formula is C12H12BrCl2N3O2S. The molecule has 114 valence electrons. The number of sulfonamides is 1. The highest BCUT2D eigenvalue weighted by molar-refractivity contribution is 9.10. The first kappa shape index (κ1) is 16.8. The molecule has 0 fully saturated rings. The zero-order valence-corrected chi connectivity index (χ0v) is 14.7. The molecule has 9 heteroatoms. The molecule has 0 spiro atoms. The third-order valence-corrected chi connectivity index (χ3v) is 5.52. The van der Waals surface area contributed by atoms with E-state index < -0.39 is 10.0 Å². The maximum absolute atomic E-state index is 12.2. The summed E-state index contributed by atoms with van der Waals surface area (Å²) in [5, 5.41) is 0.160. The molecule has 0 bridgehead atoms. The molecule has 0 radical (unpaired) electrons. The summed E-state index contributed by atoms with van der Waals surface area (Å²) in [5.41, 5.74) is 0. The first-order chi connectivity index (χ1) is 9.90. The third kappa shape index (κ3) is 4.43. The summed E-state index contributed by atoms with van der Waals surface area (Å²) in [7, 11) is -3.74. The molecule has 1 N–H and O–H groups in total. The fourth-order valence-electron chi connectivity index (χ4n) is 1.75. The molecule has 0 amide bonds. The molecule has 0 saturated heterocycles. The molecule has 5 nitrogen and oxygen atoms in total. The first-order valence-electron chi connectivity index (χ1n) is 6.00. The Labute approximate surface area is 141 Å². The molecule has 0 aliphatic rings. The second kappa shape index (κ2) is 7.11. The van der Waals surface area contributed by atoms with Crippen molar-refractivity contribution in [2.75, 3.05) is 6.54 Å². The van der Waals surface area contributed by atoms with Crippen molar-refractivity contribution in [1.82, 2.24) is 14.3 Å². The van der Waals surface area contributed by atoms with Gasteiger partial charge in [0.05, 0.1) is 16.4 Å². The van der Waals surface area contributed by atoms with Crippen molar-refractivity contribution >= 4 is 49.2 Å². The highest BCUT2D eigenvalue weighted by atomic mass is 79.9. The third-order valence-electron chi connectivity index (χ3n) is 2.68. The topological polar surface area (TPSA) is 64.0 Å². The number of benzene rings is 1. The largest absolute Gasteiger partial charge is 0.337 e. The van der Waals surface area contributed by atoms with Gasteiger partial charge in [0, 0.05) is 30.0 Å². The lowest BCUT2D eigenvalue weighted by Gasteiger charge is -2.10. The zero-order chi connectivity index (χ0) is 15.5. The van der Waals surface area contributed by atoms with E-state index in [-0.39, 0.29) is 21.5 Å². The van der Waals surface area contributed by atoms with E-state index >= 15 is 0 Å². The number of nitrogens with zero attached hydrogens (tertiary/aromatic N) is 2. The van der Waals surface area contributed by atoms with Crippen LogP contribution in [0.5, 0.6) is 0 Å². The summed E-state index contributed by atoms with van der Waals surface area (Å²) in [6.45, 7) is 0.952. The second-order valence-corrected chi connectivity index (χ2v) is 7.68. The summed E-state index contributed by atoms with van der Waals surface area (Å²) in [6, 6.07) is 2.99. The second-order valence-electron chi connectivity index (χ2n) is 4.25. The fraction of sp³-hybridized carbons (Fsp3) is 0.250. The van der Waals surface area contributed by atoms with Crippen molar-refractivity contribution in [2.24, 2.45) is 0 Å². The minimum absolute atomic E-state index is 0.0801. The Hall–Kier alpha value is -0.600. The number of hydrogen-bond acceptors (Lipinski definition) is 3. The highest BCUT2D eigenvalue weighted by Gasteiger charge is 2.21. The van der Waals surface area contributed by atoms with Crippen LogP contribution in [0.25, 0.3) is 0 Å². The van der Waals surface area contributed by atoms with Crippen molar-refractivity contribution in [1.29, 1.82) is 0 Å². The summed E-state index contributed by atoms with van der Waals surface area (Å²) in [6.07, 6.45) is 5.79. The van der Waals surface area contributed by atoms with Crippen LogP contribution in [0.3, 0.4) is 0 Å². The Morgan fingerprint density at radius 2 is 1.95 bits per heavy atom. The van der Waals surface area contributed by atoms with Gasteiger partial charge in [0.25, 0.3) is 0 Å². The van der Waals surface area contributed by atoms with E-state index in [1.165, 1.54) is 12.1 Å². The number of halogens is 3.